The molecule has 1 heterocycles. The van der Waals surface area contributed by atoms with Crippen molar-refractivity contribution < 1.29 is 14.5 Å². The minimum atomic E-state index is -0.608. The highest BCUT2D eigenvalue weighted by Gasteiger charge is 2.18. The fourth-order valence-electron chi connectivity index (χ4n) is 2.07. The lowest BCUT2D eigenvalue weighted by Gasteiger charge is -2.22. The van der Waals surface area contributed by atoms with E-state index in [1.165, 1.54) is 18.2 Å². The monoisotopic (exact) mass is 298 g/mol. The van der Waals surface area contributed by atoms with Gasteiger partial charge in [-0.25, -0.2) is 0 Å². The van der Waals surface area contributed by atoms with Crippen molar-refractivity contribution in [3.05, 3.63) is 38.9 Å². The van der Waals surface area contributed by atoms with Crippen molar-refractivity contribution >= 4 is 23.2 Å². The van der Waals surface area contributed by atoms with E-state index in [4.69, 9.17) is 16.3 Å². The summed E-state index contributed by atoms with van der Waals surface area (Å²) in [4.78, 5) is 22.1. The largest absolute Gasteiger partial charge is 0.376 e. The van der Waals surface area contributed by atoms with Crippen molar-refractivity contribution in [2.75, 3.05) is 13.2 Å². The van der Waals surface area contributed by atoms with Crippen LogP contribution in [0.3, 0.4) is 0 Å². The van der Waals surface area contributed by atoms with Crippen molar-refractivity contribution in [2.24, 2.45) is 0 Å². The third-order valence-corrected chi connectivity index (χ3v) is 3.49. The number of hydrogen-bond acceptors (Lipinski definition) is 4. The second-order valence-electron chi connectivity index (χ2n) is 4.62. The molecule has 7 heteroatoms. The number of carbonyl (C=O) groups excluding carboxylic acids is 1. The first-order valence-corrected chi connectivity index (χ1v) is 6.79. The van der Waals surface area contributed by atoms with Gasteiger partial charge in [0.25, 0.3) is 11.6 Å². The molecular formula is C13H15ClN2O4. The van der Waals surface area contributed by atoms with Crippen molar-refractivity contribution in [2.45, 2.75) is 25.4 Å². The summed E-state index contributed by atoms with van der Waals surface area (Å²) in [6, 6.07) is 4.00. The topological polar surface area (TPSA) is 81.5 Å². The van der Waals surface area contributed by atoms with Crippen molar-refractivity contribution in [3.8, 4) is 0 Å². The van der Waals surface area contributed by atoms with Crippen LogP contribution in [0.2, 0.25) is 5.02 Å². The highest BCUT2D eigenvalue weighted by atomic mass is 35.5. The van der Waals surface area contributed by atoms with Crippen LogP contribution in [0.25, 0.3) is 0 Å². The molecule has 1 aliphatic heterocycles. The quantitative estimate of drug-likeness (QED) is 0.684. The number of amides is 1. The molecule has 1 aliphatic rings. The molecule has 6 nitrogen and oxygen atoms in total. The number of benzene rings is 1. The SMILES string of the molecule is O=C(NCC1CCCCO1)c1ccc(Cl)c([N+](=O)[O-])c1. The number of nitro benzene ring substituents is 1. The third-order valence-electron chi connectivity index (χ3n) is 3.17. The summed E-state index contributed by atoms with van der Waals surface area (Å²) in [5, 5.41) is 13.5. The van der Waals surface area contributed by atoms with Crippen LogP contribution in [-0.4, -0.2) is 30.1 Å². The average Bonchev–Trinajstić information content (AvgIpc) is 2.46. The average molecular weight is 299 g/mol. The van der Waals surface area contributed by atoms with Gasteiger partial charge in [-0.2, -0.15) is 0 Å². The molecule has 1 aromatic rings. The fraction of sp³-hybridized carbons (Fsp3) is 0.462. The maximum absolute atomic E-state index is 11.9. The van der Waals surface area contributed by atoms with E-state index >= 15 is 0 Å². The van der Waals surface area contributed by atoms with E-state index in [9.17, 15) is 14.9 Å². The summed E-state index contributed by atoms with van der Waals surface area (Å²) in [6.45, 7) is 1.13. The summed E-state index contributed by atoms with van der Waals surface area (Å²) in [5.41, 5.74) is -0.0508. The fourth-order valence-corrected chi connectivity index (χ4v) is 2.26. The Bertz CT molecular complexity index is 515. The Labute approximate surface area is 121 Å². The number of nitrogens with one attached hydrogen (secondary N) is 1. The molecule has 0 spiro atoms. The molecule has 20 heavy (non-hydrogen) atoms. The molecule has 1 atom stereocenters. The van der Waals surface area contributed by atoms with Crippen molar-refractivity contribution in [1.82, 2.24) is 5.32 Å². The summed E-state index contributed by atoms with van der Waals surface area (Å²) in [7, 11) is 0. The number of nitro groups is 1. The zero-order valence-corrected chi connectivity index (χ0v) is 11.6. The molecule has 1 N–H and O–H groups in total. The van der Waals surface area contributed by atoms with Crippen LogP contribution in [0.15, 0.2) is 18.2 Å². The number of rotatable bonds is 4. The molecule has 0 aliphatic carbocycles. The van der Waals surface area contributed by atoms with Crippen LogP contribution in [0.4, 0.5) is 5.69 Å². The van der Waals surface area contributed by atoms with Crippen molar-refractivity contribution in [3.63, 3.8) is 0 Å². The van der Waals surface area contributed by atoms with Gasteiger partial charge in [0.2, 0.25) is 0 Å². The number of ether oxygens (including phenoxy) is 1. The standard InChI is InChI=1S/C13H15ClN2O4/c14-11-5-4-9(7-12(11)16(18)19)13(17)15-8-10-3-1-2-6-20-10/h4-5,7,10H,1-3,6,8H2,(H,15,17). The Morgan fingerprint density at radius 2 is 2.30 bits per heavy atom. The minimum Gasteiger partial charge on any atom is -0.376 e. The predicted octanol–water partition coefficient (Wildman–Crippen LogP) is 2.55. The lowest BCUT2D eigenvalue weighted by atomic mass is 10.1. The zero-order valence-electron chi connectivity index (χ0n) is 10.8. The highest BCUT2D eigenvalue weighted by molar-refractivity contribution is 6.32. The van der Waals surface area contributed by atoms with Crippen LogP contribution in [0, 0.1) is 10.1 Å². The Kier molecular flexibility index (Phi) is 4.92. The lowest BCUT2D eigenvalue weighted by Crippen LogP contribution is -2.35. The summed E-state index contributed by atoms with van der Waals surface area (Å²) >= 11 is 5.70. The van der Waals surface area contributed by atoms with Crippen LogP contribution in [0.1, 0.15) is 29.6 Å². The number of hydrogen-bond donors (Lipinski definition) is 1. The van der Waals surface area contributed by atoms with E-state index in [0.717, 1.165) is 19.3 Å². The van der Waals surface area contributed by atoms with Gasteiger partial charge in [0, 0.05) is 24.8 Å². The number of nitrogens with zero attached hydrogens (tertiary/aromatic N) is 1. The maximum Gasteiger partial charge on any atom is 0.288 e. The van der Waals surface area contributed by atoms with Gasteiger partial charge >= 0.3 is 0 Å². The Morgan fingerprint density at radius 3 is 2.95 bits per heavy atom. The van der Waals surface area contributed by atoms with E-state index in [1.807, 2.05) is 0 Å². The smallest absolute Gasteiger partial charge is 0.288 e. The first-order valence-electron chi connectivity index (χ1n) is 6.41. The first kappa shape index (κ1) is 14.7. The second-order valence-corrected chi connectivity index (χ2v) is 5.03. The van der Waals surface area contributed by atoms with Gasteiger partial charge in [-0.1, -0.05) is 11.6 Å². The van der Waals surface area contributed by atoms with Gasteiger partial charge in [-0.05, 0) is 31.4 Å². The molecule has 0 bridgehead atoms. The Morgan fingerprint density at radius 1 is 1.50 bits per heavy atom. The molecule has 0 saturated carbocycles. The van der Waals surface area contributed by atoms with Gasteiger partial charge in [-0.3, -0.25) is 14.9 Å². The molecule has 1 unspecified atom stereocenters. The zero-order chi connectivity index (χ0) is 14.5. The summed E-state index contributed by atoms with van der Waals surface area (Å²) in [6.07, 6.45) is 3.08. The third kappa shape index (κ3) is 3.68. The molecule has 0 radical (unpaired) electrons. The highest BCUT2D eigenvalue weighted by Crippen LogP contribution is 2.25. The molecule has 1 amide bonds. The van der Waals surface area contributed by atoms with E-state index in [1.54, 1.807) is 0 Å². The number of carbonyl (C=O) groups is 1. The molecule has 1 aromatic carbocycles. The van der Waals surface area contributed by atoms with Gasteiger partial charge in [0.15, 0.2) is 0 Å². The second kappa shape index (κ2) is 6.67. The molecule has 1 saturated heterocycles. The lowest BCUT2D eigenvalue weighted by molar-refractivity contribution is -0.384. The van der Waals surface area contributed by atoms with E-state index in [-0.39, 0.29) is 28.3 Å². The Balaban J connectivity index is 1.98. The van der Waals surface area contributed by atoms with E-state index in [0.29, 0.717) is 13.2 Å². The van der Waals surface area contributed by atoms with E-state index in [2.05, 4.69) is 5.32 Å². The van der Waals surface area contributed by atoms with Crippen molar-refractivity contribution in [1.29, 1.82) is 0 Å². The van der Waals surface area contributed by atoms with E-state index < -0.39 is 4.92 Å². The molecule has 0 aromatic heterocycles. The Hall–Kier alpha value is -1.66. The minimum absolute atomic E-state index is 0.0159. The van der Waals surface area contributed by atoms with Crippen LogP contribution < -0.4 is 5.32 Å². The maximum atomic E-state index is 11.9. The van der Waals surface area contributed by atoms with Crippen LogP contribution in [-0.2, 0) is 4.74 Å². The summed E-state index contributed by atoms with van der Waals surface area (Å²) < 4.78 is 5.50. The summed E-state index contributed by atoms with van der Waals surface area (Å²) in [5.74, 6) is -0.362. The molecule has 2 rings (SSSR count). The van der Waals surface area contributed by atoms with Gasteiger partial charge in [-0.15, -0.1) is 0 Å². The van der Waals surface area contributed by atoms with Crippen LogP contribution in [0.5, 0.6) is 0 Å². The number of halogens is 1. The molecular weight excluding hydrogens is 284 g/mol. The normalized spacial score (nSPS) is 18.6. The van der Waals surface area contributed by atoms with Gasteiger partial charge in [0.05, 0.1) is 11.0 Å². The first-order chi connectivity index (χ1) is 9.58. The predicted molar refractivity (Wildman–Crippen MR) is 74.0 cm³/mol. The molecule has 1 fully saturated rings. The van der Waals surface area contributed by atoms with Crippen LogP contribution >= 0.6 is 11.6 Å². The van der Waals surface area contributed by atoms with Gasteiger partial charge < -0.3 is 10.1 Å². The van der Waals surface area contributed by atoms with Gasteiger partial charge in [0.1, 0.15) is 5.02 Å². The molecule has 108 valence electrons.